The number of ether oxygens (including phenoxy) is 1. The minimum Gasteiger partial charge on any atom is -0.494 e. The summed E-state index contributed by atoms with van der Waals surface area (Å²) in [5, 5.41) is 6.05. The SMILES string of the molecule is Cc1csc(NC(=O)CCCOc2ccc(Cl)c(C)c2)n1. The fourth-order valence-electron chi connectivity index (χ4n) is 1.72. The lowest BCUT2D eigenvalue weighted by Gasteiger charge is -2.07. The highest BCUT2D eigenvalue weighted by atomic mass is 35.5. The number of hydrogen-bond donors (Lipinski definition) is 1. The van der Waals surface area contributed by atoms with Gasteiger partial charge in [0.2, 0.25) is 5.91 Å². The number of aromatic nitrogens is 1. The summed E-state index contributed by atoms with van der Waals surface area (Å²) in [6.45, 7) is 4.32. The van der Waals surface area contributed by atoms with E-state index in [0.717, 1.165) is 22.0 Å². The molecule has 0 aliphatic carbocycles. The van der Waals surface area contributed by atoms with Crippen LogP contribution >= 0.6 is 22.9 Å². The number of rotatable bonds is 6. The van der Waals surface area contributed by atoms with Crippen molar-refractivity contribution in [3.63, 3.8) is 0 Å². The Morgan fingerprint density at radius 2 is 2.24 bits per heavy atom. The van der Waals surface area contributed by atoms with Gasteiger partial charge in [-0.05, 0) is 44.0 Å². The average Bonchev–Trinajstić information content (AvgIpc) is 2.84. The van der Waals surface area contributed by atoms with E-state index in [0.29, 0.717) is 24.6 Å². The first-order valence-electron chi connectivity index (χ1n) is 6.65. The molecule has 1 amide bonds. The van der Waals surface area contributed by atoms with Gasteiger partial charge in [-0.25, -0.2) is 4.98 Å². The first kappa shape index (κ1) is 15.8. The van der Waals surface area contributed by atoms with E-state index in [4.69, 9.17) is 16.3 Å². The van der Waals surface area contributed by atoms with Crippen LogP contribution in [0.5, 0.6) is 5.75 Å². The Kier molecular flexibility index (Phi) is 5.59. The Morgan fingerprint density at radius 1 is 1.43 bits per heavy atom. The van der Waals surface area contributed by atoms with E-state index in [-0.39, 0.29) is 5.91 Å². The third-order valence-electron chi connectivity index (χ3n) is 2.81. The predicted molar refractivity (Wildman–Crippen MR) is 86.4 cm³/mol. The lowest BCUT2D eigenvalue weighted by Crippen LogP contribution is -2.12. The highest BCUT2D eigenvalue weighted by Gasteiger charge is 2.05. The van der Waals surface area contributed by atoms with Crippen molar-refractivity contribution in [1.82, 2.24) is 4.98 Å². The zero-order valence-electron chi connectivity index (χ0n) is 12.0. The summed E-state index contributed by atoms with van der Waals surface area (Å²) in [5.74, 6) is 0.730. The van der Waals surface area contributed by atoms with Gasteiger partial charge >= 0.3 is 0 Å². The van der Waals surface area contributed by atoms with E-state index in [2.05, 4.69) is 10.3 Å². The normalized spacial score (nSPS) is 10.4. The number of amides is 1. The fraction of sp³-hybridized carbons (Fsp3) is 0.333. The minimum atomic E-state index is -0.0414. The summed E-state index contributed by atoms with van der Waals surface area (Å²) in [6.07, 6.45) is 1.06. The fourth-order valence-corrected chi connectivity index (χ4v) is 2.54. The molecule has 0 saturated heterocycles. The quantitative estimate of drug-likeness (QED) is 0.810. The van der Waals surface area contributed by atoms with Crippen molar-refractivity contribution in [1.29, 1.82) is 0 Å². The monoisotopic (exact) mass is 324 g/mol. The van der Waals surface area contributed by atoms with Gasteiger partial charge in [-0.1, -0.05) is 11.6 Å². The largest absolute Gasteiger partial charge is 0.494 e. The zero-order valence-corrected chi connectivity index (χ0v) is 13.6. The van der Waals surface area contributed by atoms with Crippen LogP contribution in [0.15, 0.2) is 23.6 Å². The number of benzene rings is 1. The van der Waals surface area contributed by atoms with Crippen LogP contribution in [-0.4, -0.2) is 17.5 Å². The van der Waals surface area contributed by atoms with E-state index >= 15 is 0 Å². The molecule has 0 spiro atoms. The summed E-state index contributed by atoms with van der Waals surface area (Å²) in [4.78, 5) is 15.9. The molecular weight excluding hydrogens is 308 g/mol. The van der Waals surface area contributed by atoms with Crippen LogP contribution in [0.1, 0.15) is 24.1 Å². The van der Waals surface area contributed by atoms with Crippen LogP contribution in [-0.2, 0) is 4.79 Å². The number of halogens is 1. The molecule has 4 nitrogen and oxygen atoms in total. The maximum absolute atomic E-state index is 11.7. The Labute approximate surface area is 133 Å². The molecule has 0 saturated carbocycles. The van der Waals surface area contributed by atoms with Crippen molar-refractivity contribution in [2.75, 3.05) is 11.9 Å². The number of carbonyl (C=O) groups excluding carboxylic acids is 1. The molecule has 0 radical (unpaired) electrons. The van der Waals surface area contributed by atoms with Crippen molar-refractivity contribution in [3.05, 3.63) is 39.9 Å². The van der Waals surface area contributed by atoms with Crippen LogP contribution in [0.25, 0.3) is 0 Å². The molecule has 1 aromatic heterocycles. The average molecular weight is 325 g/mol. The number of nitrogens with zero attached hydrogens (tertiary/aromatic N) is 1. The van der Waals surface area contributed by atoms with E-state index in [9.17, 15) is 4.79 Å². The van der Waals surface area contributed by atoms with Gasteiger partial charge in [-0.15, -0.1) is 11.3 Å². The maximum atomic E-state index is 11.7. The molecule has 2 rings (SSSR count). The van der Waals surface area contributed by atoms with Crippen LogP contribution < -0.4 is 10.1 Å². The second kappa shape index (κ2) is 7.43. The van der Waals surface area contributed by atoms with Crippen molar-refractivity contribution in [2.45, 2.75) is 26.7 Å². The molecule has 2 aromatic rings. The van der Waals surface area contributed by atoms with E-state index in [1.807, 2.05) is 37.4 Å². The smallest absolute Gasteiger partial charge is 0.226 e. The van der Waals surface area contributed by atoms with Crippen molar-refractivity contribution < 1.29 is 9.53 Å². The molecule has 0 atom stereocenters. The summed E-state index contributed by atoms with van der Waals surface area (Å²) in [5.41, 5.74) is 1.89. The number of hydrogen-bond acceptors (Lipinski definition) is 4. The second-order valence-electron chi connectivity index (χ2n) is 4.71. The molecule has 0 unspecified atom stereocenters. The molecule has 6 heteroatoms. The molecule has 1 heterocycles. The van der Waals surface area contributed by atoms with Crippen molar-refractivity contribution >= 4 is 34.0 Å². The molecule has 1 N–H and O–H groups in total. The lowest BCUT2D eigenvalue weighted by molar-refractivity contribution is -0.116. The number of aryl methyl sites for hydroxylation is 2. The van der Waals surface area contributed by atoms with Gasteiger partial charge in [-0.2, -0.15) is 0 Å². The first-order chi connectivity index (χ1) is 10.0. The number of carbonyl (C=O) groups is 1. The number of nitrogens with one attached hydrogen (secondary N) is 1. The van der Waals surface area contributed by atoms with Crippen LogP contribution in [0, 0.1) is 13.8 Å². The molecular formula is C15H17ClN2O2S. The number of thiazole rings is 1. The molecule has 0 fully saturated rings. The first-order valence-corrected chi connectivity index (χ1v) is 7.91. The molecule has 112 valence electrons. The van der Waals surface area contributed by atoms with Gasteiger partial charge in [0.15, 0.2) is 5.13 Å². The van der Waals surface area contributed by atoms with Gasteiger partial charge in [0.1, 0.15) is 5.75 Å². The van der Waals surface area contributed by atoms with Gasteiger partial charge in [0.05, 0.1) is 12.3 Å². The van der Waals surface area contributed by atoms with E-state index in [1.54, 1.807) is 0 Å². The Balaban J connectivity index is 1.69. The Hall–Kier alpha value is -1.59. The van der Waals surface area contributed by atoms with Gasteiger partial charge < -0.3 is 10.1 Å². The second-order valence-corrected chi connectivity index (χ2v) is 5.97. The van der Waals surface area contributed by atoms with Crippen LogP contribution in [0.3, 0.4) is 0 Å². The predicted octanol–water partition coefficient (Wildman–Crippen LogP) is 4.21. The molecule has 0 aliphatic heterocycles. The molecule has 0 aliphatic rings. The molecule has 1 aromatic carbocycles. The Morgan fingerprint density at radius 3 is 2.90 bits per heavy atom. The van der Waals surface area contributed by atoms with Crippen molar-refractivity contribution in [3.8, 4) is 5.75 Å². The van der Waals surface area contributed by atoms with Gasteiger partial charge in [0, 0.05) is 16.8 Å². The third kappa shape index (κ3) is 5.02. The summed E-state index contributed by atoms with van der Waals surface area (Å²) >= 11 is 7.38. The topological polar surface area (TPSA) is 51.2 Å². The van der Waals surface area contributed by atoms with Crippen molar-refractivity contribution in [2.24, 2.45) is 0 Å². The summed E-state index contributed by atoms with van der Waals surface area (Å²) < 4.78 is 5.59. The molecule has 0 bridgehead atoms. The maximum Gasteiger partial charge on any atom is 0.226 e. The minimum absolute atomic E-state index is 0.0414. The Bertz CT molecular complexity index is 628. The van der Waals surface area contributed by atoms with Crippen LogP contribution in [0.4, 0.5) is 5.13 Å². The highest BCUT2D eigenvalue weighted by molar-refractivity contribution is 7.13. The lowest BCUT2D eigenvalue weighted by atomic mass is 10.2. The third-order valence-corrected chi connectivity index (χ3v) is 4.11. The molecule has 21 heavy (non-hydrogen) atoms. The zero-order chi connectivity index (χ0) is 15.2. The van der Waals surface area contributed by atoms with Crippen LogP contribution in [0.2, 0.25) is 5.02 Å². The highest BCUT2D eigenvalue weighted by Crippen LogP contribution is 2.21. The van der Waals surface area contributed by atoms with E-state index < -0.39 is 0 Å². The van der Waals surface area contributed by atoms with E-state index in [1.165, 1.54) is 11.3 Å². The number of anilines is 1. The standard InChI is InChI=1S/C15H17ClN2O2S/c1-10-8-12(5-6-13(10)16)20-7-3-4-14(19)18-15-17-11(2)9-21-15/h5-6,8-9H,3-4,7H2,1-2H3,(H,17,18,19). The summed E-state index contributed by atoms with van der Waals surface area (Å²) in [7, 11) is 0. The van der Waals surface area contributed by atoms with Gasteiger partial charge in [-0.3, -0.25) is 4.79 Å². The summed E-state index contributed by atoms with van der Waals surface area (Å²) in [6, 6.07) is 5.53. The van der Waals surface area contributed by atoms with Gasteiger partial charge in [0.25, 0.3) is 0 Å².